The lowest BCUT2D eigenvalue weighted by Crippen LogP contribution is -2.23. The van der Waals surface area contributed by atoms with Crippen LogP contribution in [0.2, 0.25) is 0 Å². The Morgan fingerprint density at radius 1 is 1.15 bits per heavy atom. The maximum atomic E-state index is 12.8. The fourth-order valence-electron chi connectivity index (χ4n) is 2.16. The van der Waals surface area contributed by atoms with Crippen molar-refractivity contribution in [3.8, 4) is 17.1 Å². The molecule has 26 heavy (non-hydrogen) atoms. The van der Waals surface area contributed by atoms with Crippen LogP contribution in [0.15, 0.2) is 53.3 Å². The number of hydrogen-bond donors (Lipinski definition) is 1. The van der Waals surface area contributed by atoms with Gasteiger partial charge in [-0.25, -0.2) is 4.39 Å². The van der Waals surface area contributed by atoms with Crippen LogP contribution in [0.3, 0.4) is 0 Å². The molecule has 0 unspecified atom stereocenters. The Bertz CT molecular complexity index is 837. The summed E-state index contributed by atoms with van der Waals surface area (Å²) in [5.74, 6) is 0.889. The van der Waals surface area contributed by atoms with Crippen LogP contribution in [-0.2, 0) is 11.3 Å². The zero-order valence-corrected chi connectivity index (χ0v) is 13.9. The molecule has 8 heteroatoms. The maximum absolute atomic E-state index is 12.8. The van der Waals surface area contributed by atoms with Crippen molar-refractivity contribution >= 4 is 5.91 Å². The van der Waals surface area contributed by atoms with Crippen molar-refractivity contribution in [2.75, 3.05) is 6.61 Å². The number of benzene rings is 1. The number of pyridine rings is 1. The van der Waals surface area contributed by atoms with Crippen molar-refractivity contribution in [1.29, 1.82) is 0 Å². The van der Waals surface area contributed by atoms with Gasteiger partial charge in [0.25, 0.3) is 0 Å². The van der Waals surface area contributed by atoms with Gasteiger partial charge in [0.1, 0.15) is 11.6 Å². The topological polar surface area (TPSA) is 90.1 Å². The lowest BCUT2D eigenvalue weighted by atomic mass is 10.2. The molecule has 0 radical (unpaired) electrons. The average Bonchev–Trinajstić information content (AvgIpc) is 3.15. The molecule has 2 aromatic heterocycles. The number of nitrogens with one attached hydrogen (secondary N) is 1. The Morgan fingerprint density at radius 2 is 1.92 bits per heavy atom. The van der Waals surface area contributed by atoms with E-state index in [-0.39, 0.29) is 18.3 Å². The number of hydrogen-bond acceptors (Lipinski definition) is 6. The van der Waals surface area contributed by atoms with Gasteiger partial charge in [0.05, 0.1) is 13.2 Å². The van der Waals surface area contributed by atoms with Gasteiger partial charge >= 0.3 is 0 Å². The third kappa shape index (κ3) is 5.10. The molecule has 0 aliphatic rings. The largest absolute Gasteiger partial charge is 0.494 e. The molecule has 3 aromatic rings. The predicted molar refractivity (Wildman–Crippen MR) is 90.5 cm³/mol. The monoisotopic (exact) mass is 356 g/mol. The fourth-order valence-corrected chi connectivity index (χ4v) is 2.16. The van der Waals surface area contributed by atoms with E-state index >= 15 is 0 Å². The summed E-state index contributed by atoms with van der Waals surface area (Å²) in [5, 5.41) is 6.58. The number of halogens is 1. The minimum absolute atomic E-state index is 0.142. The Morgan fingerprint density at radius 3 is 2.69 bits per heavy atom. The first-order valence-corrected chi connectivity index (χ1v) is 8.09. The van der Waals surface area contributed by atoms with Gasteiger partial charge in [-0.1, -0.05) is 5.16 Å². The van der Waals surface area contributed by atoms with Gasteiger partial charge in [0.2, 0.25) is 17.6 Å². The van der Waals surface area contributed by atoms with Crippen LogP contribution in [0, 0.1) is 5.82 Å². The number of carbonyl (C=O) groups excluding carboxylic acids is 1. The van der Waals surface area contributed by atoms with E-state index in [1.807, 2.05) is 0 Å². The van der Waals surface area contributed by atoms with E-state index in [4.69, 9.17) is 9.26 Å². The van der Waals surface area contributed by atoms with Crippen molar-refractivity contribution < 1.29 is 18.4 Å². The number of ether oxygens (including phenoxy) is 1. The molecule has 0 aliphatic carbocycles. The first-order chi connectivity index (χ1) is 12.7. The molecule has 2 heterocycles. The van der Waals surface area contributed by atoms with E-state index in [9.17, 15) is 9.18 Å². The van der Waals surface area contributed by atoms with Gasteiger partial charge in [-0.2, -0.15) is 4.98 Å². The number of amides is 1. The highest BCUT2D eigenvalue weighted by molar-refractivity contribution is 5.75. The molecule has 1 amide bonds. The summed E-state index contributed by atoms with van der Waals surface area (Å²) >= 11 is 0. The van der Waals surface area contributed by atoms with Crippen LogP contribution in [0.1, 0.15) is 18.7 Å². The van der Waals surface area contributed by atoms with Crippen molar-refractivity contribution in [2.45, 2.75) is 19.4 Å². The van der Waals surface area contributed by atoms with Gasteiger partial charge in [0, 0.05) is 24.4 Å². The highest BCUT2D eigenvalue weighted by Gasteiger charge is 2.09. The van der Waals surface area contributed by atoms with Gasteiger partial charge in [-0.05, 0) is 42.8 Å². The van der Waals surface area contributed by atoms with E-state index in [1.165, 1.54) is 12.1 Å². The lowest BCUT2D eigenvalue weighted by molar-refractivity contribution is -0.121. The van der Waals surface area contributed by atoms with Crippen LogP contribution >= 0.6 is 0 Å². The Labute approximate surface area is 149 Å². The number of carbonyl (C=O) groups is 1. The van der Waals surface area contributed by atoms with Crippen molar-refractivity contribution in [3.05, 3.63) is 60.5 Å². The number of rotatable bonds is 8. The standard InChI is InChI=1S/C18H17FN4O3/c19-14-3-5-15(6-4-14)25-11-1-2-16(24)21-12-17-22-18(23-26-17)13-7-9-20-10-8-13/h3-10H,1-2,11-12H2,(H,21,24). The first-order valence-electron chi connectivity index (χ1n) is 8.09. The van der Waals surface area contributed by atoms with Crippen LogP contribution in [0.25, 0.3) is 11.4 Å². The van der Waals surface area contributed by atoms with Crippen LogP contribution in [-0.4, -0.2) is 27.6 Å². The summed E-state index contributed by atoms with van der Waals surface area (Å²) in [5.41, 5.74) is 0.791. The molecule has 7 nitrogen and oxygen atoms in total. The lowest BCUT2D eigenvalue weighted by Gasteiger charge is -2.06. The van der Waals surface area contributed by atoms with Crippen LogP contribution in [0.4, 0.5) is 4.39 Å². The number of nitrogens with zero attached hydrogens (tertiary/aromatic N) is 3. The van der Waals surface area contributed by atoms with Gasteiger partial charge in [-0.15, -0.1) is 0 Å². The van der Waals surface area contributed by atoms with Crippen molar-refractivity contribution in [3.63, 3.8) is 0 Å². The van der Waals surface area contributed by atoms with Gasteiger partial charge < -0.3 is 14.6 Å². The second-order valence-electron chi connectivity index (χ2n) is 5.43. The second-order valence-corrected chi connectivity index (χ2v) is 5.43. The summed E-state index contributed by atoms with van der Waals surface area (Å²) in [6, 6.07) is 9.29. The van der Waals surface area contributed by atoms with E-state index in [0.29, 0.717) is 36.9 Å². The Balaban J connectivity index is 1.36. The zero-order chi connectivity index (χ0) is 18.2. The molecule has 134 valence electrons. The fraction of sp³-hybridized carbons (Fsp3) is 0.222. The molecule has 3 rings (SSSR count). The van der Waals surface area contributed by atoms with Gasteiger partial charge in [-0.3, -0.25) is 9.78 Å². The molecule has 0 bridgehead atoms. The van der Waals surface area contributed by atoms with Crippen molar-refractivity contribution in [1.82, 2.24) is 20.4 Å². The quantitative estimate of drug-likeness (QED) is 0.624. The summed E-state index contributed by atoms with van der Waals surface area (Å²) < 4.78 is 23.3. The molecule has 0 saturated heterocycles. The minimum atomic E-state index is -0.315. The second kappa shape index (κ2) is 8.70. The average molecular weight is 356 g/mol. The number of aromatic nitrogens is 3. The molecule has 0 aliphatic heterocycles. The summed E-state index contributed by atoms with van der Waals surface area (Å²) in [4.78, 5) is 20.0. The smallest absolute Gasteiger partial charge is 0.246 e. The van der Waals surface area contributed by atoms with Crippen LogP contribution < -0.4 is 10.1 Å². The Hall–Kier alpha value is -3.29. The minimum Gasteiger partial charge on any atom is -0.494 e. The van der Waals surface area contributed by atoms with Crippen molar-refractivity contribution in [2.24, 2.45) is 0 Å². The highest BCUT2D eigenvalue weighted by atomic mass is 19.1. The molecule has 0 spiro atoms. The molecule has 0 saturated carbocycles. The maximum Gasteiger partial charge on any atom is 0.246 e. The SMILES string of the molecule is O=C(CCCOc1ccc(F)cc1)NCc1nc(-c2ccncc2)no1. The molecular weight excluding hydrogens is 339 g/mol. The van der Waals surface area contributed by atoms with E-state index in [2.05, 4.69) is 20.4 Å². The molecular formula is C18H17FN4O3. The molecule has 0 fully saturated rings. The highest BCUT2D eigenvalue weighted by Crippen LogP contribution is 2.14. The van der Waals surface area contributed by atoms with E-state index in [1.54, 1.807) is 36.7 Å². The first kappa shape index (κ1) is 17.5. The molecule has 0 atom stereocenters. The molecule has 1 aromatic carbocycles. The van der Waals surface area contributed by atoms with E-state index < -0.39 is 0 Å². The van der Waals surface area contributed by atoms with Crippen LogP contribution in [0.5, 0.6) is 5.75 Å². The summed E-state index contributed by atoms with van der Waals surface area (Å²) in [7, 11) is 0. The summed E-state index contributed by atoms with van der Waals surface area (Å²) in [6.07, 6.45) is 4.12. The van der Waals surface area contributed by atoms with E-state index in [0.717, 1.165) is 5.56 Å². The Kier molecular flexibility index (Phi) is 5.87. The predicted octanol–water partition coefficient (Wildman–Crippen LogP) is 2.75. The third-order valence-electron chi connectivity index (χ3n) is 3.47. The summed E-state index contributed by atoms with van der Waals surface area (Å²) in [6.45, 7) is 0.529. The molecule has 1 N–H and O–H groups in total. The van der Waals surface area contributed by atoms with Gasteiger partial charge in [0.15, 0.2) is 0 Å². The normalized spacial score (nSPS) is 10.5. The zero-order valence-electron chi connectivity index (χ0n) is 13.9. The third-order valence-corrected chi connectivity index (χ3v) is 3.47.